The van der Waals surface area contributed by atoms with Crippen LogP contribution in [0.4, 0.5) is 0 Å². The second kappa shape index (κ2) is 12.7. The summed E-state index contributed by atoms with van der Waals surface area (Å²) in [6.45, 7) is 0. The van der Waals surface area contributed by atoms with Crippen molar-refractivity contribution in [2.45, 2.75) is 6.42 Å². The van der Waals surface area contributed by atoms with Crippen LogP contribution in [0, 0.1) is 0 Å². The lowest BCUT2D eigenvalue weighted by atomic mass is 9.97. The zero-order chi connectivity index (χ0) is 37.5. The lowest BCUT2D eigenvalue weighted by Gasteiger charge is -2.11. The fourth-order valence-corrected chi connectivity index (χ4v) is 9.83. The molecule has 266 valence electrons. The maximum atomic E-state index is 4.96. The standard InChI is InChI=1S/C52H32N4S/c1-3-11-32(12-4-1)50-53-51(33-13-5-2-6-14-33)55-52(54-50)34-21-24-39(25-22-34)56-46-17-9-7-15-40(46)44-29-36(23-26-47(44)56)35-19-20-37-27-38-30-45-41-16-8-10-18-48(41)57-49(45)31-43(38)42(37)28-35/h1-26,28-31H,27H2. The maximum absolute atomic E-state index is 4.96. The highest BCUT2D eigenvalue weighted by Gasteiger charge is 2.22. The van der Waals surface area contributed by atoms with Gasteiger partial charge in [-0.15, -0.1) is 11.3 Å². The van der Waals surface area contributed by atoms with Gasteiger partial charge >= 0.3 is 0 Å². The fraction of sp³-hybridized carbons (Fsp3) is 0.0192. The van der Waals surface area contributed by atoms with E-state index in [4.69, 9.17) is 15.0 Å². The number of thiophene rings is 1. The van der Waals surface area contributed by atoms with Crippen molar-refractivity contribution in [3.63, 3.8) is 0 Å². The van der Waals surface area contributed by atoms with Gasteiger partial charge in [-0.25, -0.2) is 15.0 Å². The van der Waals surface area contributed by atoms with Gasteiger partial charge in [0.2, 0.25) is 0 Å². The summed E-state index contributed by atoms with van der Waals surface area (Å²) in [6.07, 6.45) is 0.978. The number of nitrogens with zero attached hydrogens (tertiary/aromatic N) is 4. The third-order valence-corrected chi connectivity index (χ3v) is 12.6. The smallest absolute Gasteiger partial charge is 0.164 e. The normalized spacial score (nSPS) is 12.1. The molecule has 8 aromatic carbocycles. The van der Waals surface area contributed by atoms with Gasteiger partial charge in [-0.05, 0) is 107 Å². The second-order valence-electron chi connectivity index (χ2n) is 14.8. The topological polar surface area (TPSA) is 43.6 Å². The van der Waals surface area contributed by atoms with Crippen molar-refractivity contribution in [2.24, 2.45) is 0 Å². The molecular weight excluding hydrogens is 713 g/mol. The van der Waals surface area contributed by atoms with Crippen molar-refractivity contribution >= 4 is 53.3 Å². The SMILES string of the molecule is c1ccc(-c2nc(-c3ccccc3)nc(-c3ccc(-n4c5ccccc5c5cc(-c6ccc7c(c6)-c6cc8sc9ccccc9c8cc6C7)ccc54)cc3)n2)cc1. The Morgan fingerprint density at radius 1 is 0.368 bits per heavy atom. The summed E-state index contributed by atoms with van der Waals surface area (Å²) in [7, 11) is 0. The second-order valence-corrected chi connectivity index (χ2v) is 15.9. The summed E-state index contributed by atoms with van der Waals surface area (Å²) in [5, 5.41) is 5.20. The fourth-order valence-electron chi connectivity index (χ4n) is 8.71. The Morgan fingerprint density at radius 3 is 1.67 bits per heavy atom. The van der Waals surface area contributed by atoms with Crippen LogP contribution in [0.15, 0.2) is 182 Å². The van der Waals surface area contributed by atoms with E-state index >= 15 is 0 Å². The molecule has 0 aliphatic heterocycles. The molecule has 3 aromatic heterocycles. The van der Waals surface area contributed by atoms with E-state index in [0.717, 1.165) is 28.8 Å². The minimum absolute atomic E-state index is 0.645. The monoisotopic (exact) mass is 744 g/mol. The van der Waals surface area contributed by atoms with E-state index < -0.39 is 0 Å². The third-order valence-electron chi connectivity index (χ3n) is 11.5. The van der Waals surface area contributed by atoms with Crippen LogP contribution < -0.4 is 0 Å². The number of para-hydroxylation sites is 1. The molecule has 57 heavy (non-hydrogen) atoms. The van der Waals surface area contributed by atoms with Gasteiger partial charge in [0.1, 0.15) is 0 Å². The predicted molar refractivity (Wildman–Crippen MR) is 237 cm³/mol. The number of hydrogen-bond acceptors (Lipinski definition) is 4. The molecule has 0 atom stereocenters. The molecule has 0 N–H and O–H groups in total. The molecule has 12 rings (SSSR count). The molecule has 1 aliphatic carbocycles. The van der Waals surface area contributed by atoms with E-state index in [1.165, 1.54) is 75.4 Å². The first-order valence-electron chi connectivity index (χ1n) is 19.3. The highest BCUT2D eigenvalue weighted by Crippen LogP contribution is 2.45. The van der Waals surface area contributed by atoms with E-state index in [0.29, 0.717) is 17.5 Å². The van der Waals surface area contributed by atoms with Crippen molar-refractivity contribution < 1.29 is 0 Å². The minimum atomic E-state index is 0.645. The van der Waals surface area contributed by atoms with E-state index in [2.05, 4.69) is 126 Å². The summed E-state index contributed by atoms with van der Waals surface area (Å²) in [4.78, 5) is 14.8. The largest absolute Gasteiger partial charge is 0.309 e. The van der Waals surface area contributed by atoms with Gasteiger partial charge in [0, 0.05) is 53.3 Å². The van der Waals surface area contributed by atoms with Crippen LogP contribution in [0.2, 0.25) is 0 Å². The van der Waals surface area contributed by atoms with Gasteiger partial charge < -0.3 is 4.57 Å². The van der Waals surface area contributed by atoms with Crippen molar-refractivity contribution in [3.8, 4) is 62.1 Å². The zero-order valence-corrected chi connectivity index (χ0v) is 31.5. The molecule has 0 spiro atoms. The summed E-state index contributed by atoms with van der Waals surface area (Å²) < 4.78 is 5.08. The first kappa shape index (κ1) is 32.1. The van der Waals surface area contributed by atoms with Crippen molar-refractivity contribution in [1.29, 1.82) is 0 Å². The quantitative estimate of drug-likeness (QED) is 0.176. The Bertz CT molecular complexity index is 3300. The molecule has 0 saturated heterocycles. The molecule has 11 aromatic rings. The minimum Gasteiger partial charge on any atom is -0.309 e. The van der Waals surface area contributed by atoms with Crippen molar-refractivity contribution in [1.82, 2.24) is 19.5 Å². The van der Waals surface area contributed by atoms with E-state index in [1.807, 2.05) is 72.0 Å². The maximum Gasteiger partial charge on any atom is 0.164 e. The lowest BCUT2D eigenvalue weighted by Crippen LogP contribution is -2.00. The predicted octanol–water partition coefficient (Wildman–Crippen LogP) is 13.6. The molecule has 0 bridgehead atoms. The summed E-state index contributed by atoms with van der Waals surface area (Å²) >= 11 is 1.89. The highest BCUT2D eigenvalue weighted by atomic mass is 32.1. The molecule has 1 aliphatic rings. The van der Waals surface area contributed by atoms with Crippen LogP contribution in [0.3, 0.4) is 0 Å². The summed E-state index contributed by atoms with van der Waals surface area (Å²) in [5.74, 6) is 1.96. The van der Waals surface area contributed by atoms with Gasteiger partial charge in [-0.1, -0.05) is 115 Å². The van der Waals surface area contributed by atoms with Crippen LogP contribution in [-0.2, 0) is 6.42 Å². The molecule has 0 radical (unpaired) electrons. The van der Waals surface area contributed by atoms with Gasteiger partial charge in [0.05, 0.1) is 11.0 Å². The van der Waals surface area contributed by atoms with E-state index in [-0.39, 0.29) is 0 Å². The average molecular weight is 745 g/mol. The van der Waals surface area contributed by atoms with Crippen LogP contribution in [0.1, 0.15) is 11.1 Å². The first-order valence-corrected chi connectivity index (χ1v) is 20.1. The molecule has 0 saturated carbocycles. The Balaban J connectivity index is 0.931. The summed E-state index contributed by atoms with van der Waals surface area (Å²) in [5.41, 5.74) is 14.3. The average Bonchev–Trinajstić information content (AvgIpc) is 3.94. The van der Waals surface area contributed by atoms with Crippen LogP contribution in [0.25, 0.3) is 104 Å². The van der Waals surface area contributed by atoms with Crippen molar-refractivity contribution in [2.75, 3.05) is 0 Å². The molecule has 5 heteroatoms. The van der Waals surface area contributed by atoms with Crippen LogP contribution in [0.5, 0.6) is 0 Å². The molecule has 0 unspecified atom stereocenters. The molecule has 0 fully saturated rings. The van der Waals surface area contributed by atoms with E-state index in [1.54, 1.807) is 0 Å². The third kappa shape index (κ3) is 5.24. The number of rotatable bonds is 5. The lowest BCUT2D eigenvalue weighted by molar-refractivity contribution is 1.07. The number of aromatic nitrogens is 4. The number of benzene rings is 8. The summed E-state index contributed by atoms with van der Waals surface area (Å²) in [6, 6.07) is 65.2. The Hall–Kier alpha value is -7.21. The van der Waals surface area contributed by atoms with Crippen LogP contribution in [-0.4, -0.2) is 19.5 Å². The van der Waals surface area contributed by atoms with Gasteiger partial charge in [-0.2, -0.15) is 0 Å². The Morgan fingerprint density at radius 2 is 0.930 bits per heavy atom. The number of hydrogen-bond donors (Lipinski definition) is 0. The first-order chi connectivity index (χ1) is 28.2. The molecule has 0 amide bonds. The zero-order valence-electron chi connectivity index (χ0n) is 30.7. The highest BCUT2D eigenvalue weighted by molar-refractivity contribution is 7.25. The Kier molecular flexibility index (Phi) is 7.13. The Labute approximate surface area is 333 Å². The van der Waals surface area contributed by atoms with Gasteiger partial charge in [0.15, 0.2) is 17.5 Å². The van der Waals surface area contributed by atoms with Gasteiger partial charge in [-0.3, -0.25) is 0 Å². The molecule has 3 heterocycles. The van der Waals surface area contributed by atoms with Crippen molar-refractivity contribution in [3.05, 3.63) is 193 Å². The molecule has 4 nitrogen and oxygen atoms in total. The van der Waals surface area contributed by atoms with Crippen LogP contribution >= 0.6 is 11.3 Å². The van der Waals surface area contributed by atoms with E-state index in [9.17, 15) is 0 Å². The van der Waals surface area contributed by atoms with Gasteiger partial charge in [0.25, 0.3) is 0 Å². The molecular formula is C52H32N4S. The number of fused-ring (bicyclic) bond motifs is 9.